The molecule has 1 aromatic carbocycles. The van der Waals surface area contributed by atoms with E-state index in [9.17, 15) is 9.90 Å². The standard InChI is InChI=1S/C25H34ClNO4S/c1-3-5-22(27-31-15-17(2)14-30-21-9-7-20(26)8-10-21)25-23(28)12-19(13-24(25)29)18-6-4-11-32-16-18/h7-10,17-19,28H,3-6,11-16H2,1-2H3/b27-22+. The van der Waals surface area contributed by atoms with Crippen LogP contribution in [-0.2, 0) is 9.63 Å². The second-order valence-corrected chi connectivity index (χ2v) is 10.4. The van der Waals surface area contributed by atoms with Crippen LogP contribution in [0.5, 0.6) is 5.75 Å². The molecule has 0 amide bonds. The van der Waals surface area contributed by atoms with Crippen LogP contribution in [0.25, 0.3) is 0 Å². The number of hydrogen-bond donors (Lipinski definition) is 1. The van der Waals surface area contributed by atoms with Crippen molar-refractivity contribution in [3.05, 3.63) is 40.6 Å². The van der Waals surface area contributed by atoms with Gasteiger partial charge in [-0.25, -0.2) is 0 Å². The summed E-state index contributed by atoms with van der Waals surface area (Å²) in [5.74, 6) is 4.12. The highest BCUT2D eigenvalue weighted by atomic mass is 35.5. The zero-order valence-corrected chi connectivity index (χ0v) is 20.6. The molecule has 0 spiro atoms. The topological polar surface area (TPSA) is 68.1 Å². The van der Waals surface area contributed by atoms with Gasteiger partial charge in [0.2, 0.25) is 0 Å². The summed E-state index contributed by atoms with van der Waals surface area (Å²) < 4.78 is 5.76. The molecule has 1 aliphatic carbocycles. The van der Waals surface area contributed by atoms with Crippen LogP contribution >= 0.6 is 23.4 Å². The van der Waals surface area contributed by atoms with Gasteiger partial charge in [0.25, 0.3) is 0 Å². The van der Waals surface area contributed by atoms with E-state index >= 15 is 0 Å². The van der Waals surface area contributed by atoms with Gasteiger partial charge in [0.05, 0.1) is 17.9 Å². The largest absolute Gasteiger partial charge is 0.511 e. The quantitative estimate of drug-likeness (QED) is 0.308. The molecule has 1 aromatic rings. The minimum atomic E-state index is 0.00393. The van der Waals surface area contributed by atoms with Crippen LogP contribution in [0.1, 0.15) is 52.4 Å². The van der Waals surface area contributed by atoms with Gasteiger partial charge in [0, 0.05) is 23.8 Å². The smallest absolute Gasteiger partial charge is 0.168 e. The second-order valence-electron chi connectivity index (χ2n) is 8.84. The summed E-state index contributed by atoms with van der Waals surface area (Å²) in [5, 5.41) is 15.7. The summed E-state index contributed by atoms with van der Waals surface area (Å²) >= 11 is 7.86. The number of Topliss-reactive ketones (excluding diaryl/α,β-unsaturated/α-hetero) is 1. The van der Waals surface area contributed by atoms with E-state index in [0.29, 0.717) is 54.7 Å². The van der Waals surface area contributed by atoms with E-state index in [1.807, 2.05) is 37.7 Å². The highest BCUT2D eigenvalue weighted by molar-refractivity contribution is 7.99. The number of nitrogens with zero attached hydrogens (tertiary/aromatic N) is 1. The first-order chi connectivity index (χ1) is 15.5. The summed E-state index contributed by atoms with van der Waals surface area (Å²) in [6.45, 7) is 4.89. The van der Waals surface area contributed by atoms with E-state index < -0.39 is 0 Å². The maximum absolute atomic E-state index is 13.0. The monoisotopic (exact) mass is 479 g/mol. The van der Waals surface area contributed by atoms with Gasteiger partial charge in [-0.1, -0.05) is 37.0 Å². The first kappa shape index (κ1) is 25.0. The molecule has 3 unspecified atom stereocenters. The molecule has 7 heteroatoms. The van der Waals surface area contributed by atoms with E-state index in [4.69, 9.17) is 21.2 Å². The molecular weight excluding hydrogens is 446 g/mol. The Kier molecular flexibility index (Phi) is 9.79. The number of halogens is 1. The molecule has 3 rings (SSSR count). The van der Waals surface area contributed by atoms with Crippen molar-refractivity contribution in [2.45, 2.75) is 52.4 Å². The van der Waals surface area contributed by atoms with E-state index in [1.165, 1.54) is 12.2 Å². The van der Waals surface area contributed by atoms with Crippen LogP contribution in [0, 0.1) is 17.8 Å². The minimum absolute atomic E-state index is 0.00393. The molecule has 176 valence electrons. The SMILES string of the molecule is CCC/C(=N\OCC(C)COc1ccc(Cl)cc1)C1=C(O)CC(C2CCCSC2)CC1=O. The molecule has 2 aliphatic rings. The van der Waals surface area contributed by atoms with Crippen LogP contribution in [0.15, 0.2) is 40.8 Å². The van der Waals surface area contributed by atoms with Gasteiger partial charge >= 0.3 is 0 Å². The third-order valence-corrected chi connectivity index (χ3v) is 7.48. The minimum Gasteiger partial charge on any atom is -0.511 e. The van der Waals surface area contributed by atoms with Crippen molar-refractivity contribution in [1.29, 1.82) is 0 Å². The molecular formula is C25H34ClNO4S. The number of carbonyl (C=O) groups excluding carboxylic acids is 1. The van der Waals surface area contributed by atoms with Crippen LogP contribution < -0.4 is 4.74 Å². The maximum Gasteiger partial charge on any atom is 0.168 e. The highest BCUT2D eigenvalue weighted by Crippen LogP contribution is 2.38. The average Bonchev–Trinajstić information content (AvgIpc) is 2.79. The molecule has 3 atom stereocenters. The van der Waals surface area contributed by atoms with Crippen molar-refractivity contribution in [2.75, 3.05) is 24.7 Å². The first-order valence-electron chi connectivity index (χ1n) is 11.6. The van der Waals surface area contributed by atoms with Crippen LogP contribution in [0.3, 0.4) is 0 Å². The number of benzene rings is 1. The zero-order valence-electron chi connectivity index (χ0n) is 19.0. The number of rotatable bonds is 10. The lowest BCUT2D eigenvalue weighted by atomic mass is 9.76. The summed E-state index contributed by atoms with van der Waals surface area (Å²) in [7, 11) is 0. The first-order valence-corrected chi connectivity index (χ1v) is 13.1. The van der Waals surface area contributed by atoms with E-state index in [0.717, 1.165) is 24.3 Å². The molecule has 1 aliphatic heterocycles. The fourth-order valence-electron chi connectivity index (χ4n) is 4.23. The van der Waals surface area contributed by atoms with Crippen molar-refractivity contribution in [3.63, 3.8) is 0 Å². The van der Waals surface area contributed by atoms with Crippen LogP contribution in [0.4, 0.5) is 0 Å². The Labute approximate surface area is 200 Å². The number of ketones is 1. The Bertz CT molecular complexity index is 818. The van der Waals surface area contributed by atoms with Gasteiger partial charge in [0.1, 0.15) is 18.1 Å². The summed E-state index contributed by atoms with van der Waals surface area (Å²) in [4.78, 5) is 18.6. The normalized spacial score (nSPS) is 23.2. The molecule has 0 radical (unpaired) electrons. The third kappa shape index (κ3) is 7.17. The third-order valence-electron chi connectivity index (χ3n) is 5.99. The van der Waals surface area contributed by atoms with E-state index in [1.54, 1.807) is 12.1 Å². The van der Waals surface area contributed by atoms with Crippen molar-refractivity contribution >= 4 is 34.9 Å². The van der Waals surface area contributed by atoms with E-state index in [2.05, 4.69) is 5.16 Å². The lowest BCUT2D eigenvalue weighted by Crippen LogP contribution is -2.31. The predicted molar refractivity (Wildman–Crippen MR) is 132 cm³/mol. The Morgan fingerprint density at radius 3 is 2.69 bits per heavy atom. The molecule has 1 fully saturated rings. The molecule has 0 bridgehead atoms. The number of allylic oxidation sites excluding steroid dienone is 2. The molecule has 0 saturated carbocycles. The predicted octanol–water partition coefficient (Wildman–Crippen LogP) is 6.46. The van der Waals surface area contributed by atoms with Gasteiger partial charge in [-0.3, -0.25) is 4.79 Å². The van der Waals surface area contributed by atoms with Crippen molar-refractivity contribution in [1.82, 2.24) is 0 Å². The summed E-state index contributed by atoms with van der Waals surface area (Å²) in [5.41, 5.74) is 0.953. The molecule has 1 saturated heterocycles. The number of ether oxygens (including phenoxy) is 1. The number of aliphatic hydroxyl groups is 1. The Morgan fingerprint density at radius 2 is 2.03 bits per heavy atom. The lowest BCUT2D eigenvalue weighted by Gasteiger charge is -2.32. The van der Waals surface area contributed by atoms with Gasteiger partial charge in [-0.05, 0) is 66.9 Å². The molecule has 0 aromatic heterocycles. The van der Waals surface area contributed by atoms with Gasteiger partial charge < -0.3 is 14.7 Å². The van der Waals surface area contributed by atoms with Crippen molar-refractivity contribution in [2.24, 2.45) is 22.9 Å². The zero-order chi connectivity index (χ0) is 22.9. The molecule has 1 N–H and O–H groups in total. The van der Waals surface area contributed by atoms with Crippen molar-refractivity contribution in [3.8, 4) is 5.75 Å². The molecule has 5 nitrogen and oxygen atoms in total. The molecule has 32 heavy (non-hydrogen) atoms. The van der Waals surface area contributed by atoms with E-state index in [-0.39, 0.29) is 23.4 Å². The highest BCUT2D eigenvalue weighted by Gasteiger charge is 2.35. The number of carbonyl (C=O) groups is 1. The Morgan fingerprint density at radius 1 is 1.25 bits per heavy atom. The summed E-state index contributed by atoms with van der Waals surface area (Å²) in [6.07, 6.45) is 4.85. The maximum atomic E-state index is 13.0. The summed E-state index contributed by atoms with van der Waals surface area (Å²) in [6, 6.07) is 7.24. The molecule has 1 heterocycles. The number of oxime groups is 1. The number of hydrogen-bond acceptors (Lipinski definition) is 6. The van der Waals surface area contributed by atoms with Gasteiger partial charge in [-0.2, -0.15) is 11.8 Å². The lowest BCUT2D eigenvalue weighted by molar-refractivity contribution is -0.117. The van der Waals surface area contributed by atoms with Crippen LogP contribution in [0.2, 0.25) is 5.02 Å². The number of thioether (sulfide) groups is 1. The Hall–Kier alpha value is -1.66. The number of aliphatic hydroxyl groups excluding tert-OH is 1. The van der Waals surface area contributed by atoms with Crippen LogP contribution in [-0.4, -0.2) is 41.3 Å². The average molecular weight is 480 g/mol. The van der Waals surface area contributed by atoms with Crippen molar-refractivity contribution < 1.29 is 19.5 Å². The van der Waals surface area contributed by atoms with Gasteiger partial charge in [-0.15, -0.1) is 0 Å². The fraction of sp³-hybridized carbons (Fsp3) is 0.600. The van der Waals surface area contributed by atoms with Gasteiger partial charge in [0.15, 0.2) is 5.78 Å². The second kappa shape index (κ2) is 12.5. The fourth-order valence-corrected chi connectivity index (χ4v) is 5.64. The Balaban J connectivity index is 1.57.